The third kappa shape index (κ3) is 2.93. The molecule has 1 N–H and O–H groups in total. The van der Waals surface area contributed by atoms with Gasteiger partial charge in [0.25, 0.3) is 0 Å². The molecule has 5 heteroatoms. The highest BCUT2D eigenvalue weighted by molar-refractivity contribution is 5.86. The van der Waals surface area contributed by atoms with Crippen LogP contribution in [0.15, 0.2) is 24.3 Å². The van der Waals surface area contributed by atoms with Gasteiger partial charge < -0.3 is 14.7 Å². The Hall–Kier alpha value is -2.04. The minimum atomic E-state index is -0.799. The maximum Gasteiger partial charge on any atom is 0.303 e. The lowest BCUT2D eigenvalue weighted by molar-refractivity contribution is -0.140. The van der Waals surface area contributed by atoms with Gasteiger partial charge in [-0.3, -0.25) is 9.59 Å². The van der Waals surface area contributed by atoms with Crippen LogP contribution in [-0.2, 0) is 9.59 Å². The third-order valence-corrected chi connectivity index (χ3v) is 4.60. The number of carbonyl (C=O) groups is 2. The molecule has 3 rings (SSSR count). The number of rotatable bonds is 4. The predicted octanol–water partition coefficient (Wildman–Crippen LogP) is 2.41. The van der Waals surface area contributed by atoms with Crippen molar-refractivity contribution in [3.8, 4) is 5.75 Å². The number of hydrogen-bond acceptors (Lipinski definition) is 3. The fourth-order valence-corrected chi connectivity index (χ4v) is 3.45. The number of carboxylic acids is 1. The lowest BCUT2D eigenvalue weighted by atomic mass is 9.93. The quantitative estimate of drug-likeness (QED) is 0.927. The van der Waals surface area contributed by atoms with Crippen LogP contribution in [0.2, 0.25) is 0 Å². The molecule has 5 nitrogen and oxygen atoms in total. The van der Waals surface area contributed by atoms with E-state index >= 15 is 0 Å². The molecule has 0 saturated carbocycles. The van der Waals surface area contributed by atoms with Crippen LogP contribution < -0.4 is 4.74 Å². The highest BCUT2D eigenvalue weighted by atomic mass is 16.5. The number of carboxylic acid groups (broad SMARTS) is 1. The second kappa shape index (κ2) is 6.38. The molecular weight excluding hydrogens is 282 g/mol. The first-order chi connectivity index (χ1) is 10.7. The van der Waals surface area contributed by atoms with E-state index in [0.29, 0.717) is 13.0 Å². The number of hydrogen-bond donors (Lipinski definition) is 1. The fourth-order valence-electron chi connectivity index (χ4n) is 3.45. The van der Waals surface area contributed by atoms with Crippen LogP contribution in [0.3, 0.4) is 0 Å². The zero-order valence-electron chi connectivity index (χ0n) is 12.5. The van der Waals surface area contributed by atoms with Gasteiger partial charge in [0.1, 0.15) is 18.3 Å². The molecular formula is C17H21NO4. The third-order valence-electron chi connectivity index (χ3n) is 4.60. The minimum Gasteiger partial charge on any atom is -0.492 e. The van der Waals surface area contributed by atoms with Gasteiger partial charge in [-0.1, -0.05) is 18.2 Å². The van der Waals surface area contributed by atoms with Crippen LogP contribution in [0.1, 0.15) is 43.6 Å². The fraction of sp³-hybridized carbons (Fsp3) is 0.529. The Bertz CT molecular complexity index is 572. The lowest BCUT2D eigenvalue weighted by Crippen LogP contribution is -2.46. The molecule has 118 valence electrons. The van der Waals surface area contributed by atoms with Crippen LogP contribution in [0.4, 0.5) is 0 Å². The smallest absolute Gasteiger partial charge is 0.303 e. The summed E-state index contributed by atoms with van der Waals surface area (Å²) in [6, 6.07) is 7.71. The zero-order chi connectivity index (χ0) is 15.5. The first-order valence-corrected chi connectivity index (χ1v) is 7.91. The molecule has 0 unspecified atom stereocenters. The average Bonchev–Trinajstić information content (AvgIpc) is 2.96. The van der Waals surface area contributed by atoms with Crippen molar-refractivity contribution in [2.24, 2.45) is 0 Å². The Labute approximate surface area is 129 Å². The number of nitrogens with zero attached hydrogens (tertiary/aromatic N) is 1. The standard InChI is InChI=1S/C17H21NO4/c19-16(20)9-8-12-5-3-4-10-18(12)17(21)14-11-22-15-7-2-1-6-13(14)15/h1-2,6-7,12,14H,3-5,8-11H2,(H,19,20)/t12-,14+/m1/s1. The number of carbonyl (C=O) groups excluding carboxylic acids is 1. The molecule has 1 saturated heterocycles. The van der Waals surface area contributed by atoms with E-state index in [2.05, 4.69) is 0 Å². The molecule has 0 spiro atoms. The minimum absolute atomic E-state index is 0.0464. The van der Waals surface area contributed by atoms with Crippen molar-refractivity contribution >= 4 is 11.9 Å². The van der Waals surface area contributed by atoms with Gasteiger partial charge in [0.05, 0.1) is 0 Å². The normalized spacial score (nSPS) is 23.7. The molecule has 2 heterocycles. The molecule has 2 atom stereocenters. The van der Waals surface area contributed by atoms with Gasteiger partial charge in [0.2, 0.25) is 5.91 Å². The van der Waals surface area contributed by atoms with Gasteiger partial charge in [-0.05, 0) is 31.7 Å². The van der Waals surface area contributed by atoms with Gasteiger partial charge >= 0.3 is 5.97 Å². The van der Waals surface area contributed by atoms with Crippen LogP contribution in [0.25, 0.3) is 0 Å². The second-order valence-electron chi connectivity index (χ2n) is 6.02. The molecule has 1 amide bonds. The van der Waals surface area contributed by atoms with Crippen molar-refractivity contribution in [3.63, 3.8) is 0 Å². The van der Waals surface area contributed by atoms with Crippen molar-refractivity contribution < 1.29 is 19.4 Å². The Morgan fingerprint density at radius 1 is 1.27 bits per heavy atom. The molecule has 0 aliphatic carbocycles. The largest absolute Gasteiger partial charge is 0.492 e. The van der Waals surface area contributed by atoms with Crippen LogP contribution in [0.5, 0.6) is 5.75 Å². The predicted molar refractivity (Wildman–Crippen MR) is 80.9 cm³/mol. The van der Waals surface area contributed by atoms with Crippen molar-refractivity contribution in [1.82, 2.24) is 4.90 Å². The Kier molecular flexibility index (Phi) is 4.32. The number of amides is 1. The lowest BCUT2D eigenvalue weighted by Gasteiger charge is -2.37. The summed E-state index contributed by atoms with van der Waals surface area (Å²) in [6.07, 6.45) is 3.60. The Morgan fingerprint density at radius 3 is 2.91 bits per heavy atom. The number of fused-ring (bicyclic) bond motifs is 1. The molecule has 2 aliphatic rings. The molecule has 1 aromatic carbocycles. The summed E-state index contributed by atoms with van der Waals surface area (Å²) in [6.45, 7) is 1.11. The molecule has 1 aromatic rings. The Morgan fingerprint density at radius 2 is 2.09 bits per heavy atom. The second-order valence-corrected chi connectivity index (χ2v) is 6.02. The number of benzene rings is 1. The number of ether oxygens (including phenoxy) is 1. The number of likely N-dealkylation sites (tertiary alicyclic amines) is 1. The van der Waals surface area contributed by atoms with E-state index in [1.165, 1.54) is 0 Å². The zero-order valence-corrected chi connectivity index (χ0v) is 12.5. The van der Waals surface area contributed by atoms with Crippen molar-refractivity contribution in [3.05, 3.63) is 29.8 Å². The van der Waals surface area contributed by atoms with E-state index < -0.39 is 5.97 Å². The van der Waals surface area contributed by atoms with Gasteiger partial charge in [0.15, 0.2) is 0 Å². The van der Waals surface area contributed by atoms with E-state index in [9.17, 15) is 9.59 Å². The molecule has 0 radical (unpaired) electrons. The van der Waals surface area contributed by atoms with E-state index in [1.54, 1.807) is 0 Å². The summed E-state index contributed by atoms with van der Waals surface area (Å²) < 4.78 is 5.61. The highest BCUT2D eigenvalue weighted by Crippen LogP contribution is 2.36. The molecule has 2 aliphatic heterocycles. The van der Waals surface area contributed by atoms with E-state index in [4.69, 9.17) is 9.84 Å². The first kappa shape index (κ1) is 14.9. The molecule has 1 fully saturated rings. The summed E-state index contributed by atoms with van der Waals surface area (Å²) in [7, 11) is 0. The van der Waals surface area contributed by atoms with Gasteiger partial charge in [0, 0.05) is 24.6 Å². The van der Waals surface area contributed by atoms with Crippen molar-refractivity contribution in [2.75, 3.05) is 13.2 Å². The monoisotopic (exact) mass is 303 g/mol. The Balaban J connectivity index is 1.74. The summed E-state index contributed by atoms with van der Waals surface area (Å²) >= 11 is 0. The maximum absolute atomic E-state index is 12.9. The maximum atomic E-state index is 12.9. The van der Waals surface area contributed by atoms with Crippen LogP contribution in [-0.4, -0.2) is 41.1 Å². The first-order valence-electron chi connectivity index (χ1n) is 7.91. The summed E-state index contributed by atoms with van der Waals surface area (Å²) in [4.78, 5) is 25.6. The number of piperidine rings is 1. The summed E-state index contributed by atoms with van der Waals surface area (Å²) in [5.41, 5.74) is 0.954. The van der Waals surface area contributed by atoms with Gasteiger partial charge in [-0.25, -0.2) is 0 Å². The van der Waals surface area contributed by atoms with Gasteiger partial charge in [-0.15, -0.1) is 0 Å². The average molecular weight is 303 g/mol. The molecule has 22 heavy (non-hydrogen) atoms. The van der Waals surface area contributed by atoms with E-state index in [0.717, 1.165) is 37.1 Å². The summed E-state index contributed by atoms with van der Waals surface area (Å²) in [5.74, 6) is -0.172. The molecule has 0 bridgehead atoms. The van der Waals surface area contributed by atoms with E-state index in [1.807, 2.05) is 29.2 Å². The van der Waals surface area contributed by atoms with E-state index in [-0.39, 0.29) is 24.3 Å². The SMILES string of the molecule is O=C(O)CC[C@H]1CCCCN1C(=O)[C@H]1COc2ccccc21. The topological polar surface area (TPSA) is 66.8 Å². The van der Waals surface area contributed by atoms with Crippen molar-refractivity contribution in [1.29, 1.82) is 0 Å². The number of para-hydroxylation sites is 1. The van der Waals surface area contributed by atoms with Crippen molar-refractivity contribution in [2.45, 2.75) is 44.1 Å². The molecule has 0 aromatic heterocycles. The van der Waals surface area contributed by atoms with Crippen LogP contribution in [0, 0.1) is 0 Å². The van der Waals surface area contributed by atoms with Gasteiger partial charge in [-0.2, -0.15) is 0 Å². The number of aliphatic carboxylic acids is 1. The van der Waals surface area contributed by atoms with Crippen LogP contribution >= 0.6 is 0 Å². The highest BCUT2D eigenvalue weighted by Gasteiger charge is 2.36. The summed E-state index contributed by atoms with van der Waals surface area (Å²) in [5, 5.41) is 8.89.